The van der Waals surface area contributed by atoms with E-state index in [0.717, 1.165) is 29.2 Å². The van der Waals surface area contributed by atoms with Crippen LogP contribution in [0.25, 0.3) is 0 Å². The molecule has 142 valence electrons. The predicted octanol–water partition coefficient (Wildman–Crippen LogP) is 2.31. The van der Waals surface area contributed by atoms with Gasteiger partial charge in [-0.1, -0.05) is 24.3 Å². The first-order chi connectivity index (χ1) is 13.1. The Bertz CT molecular complexity index is 837. The Hall–Kier alpha value is -2.73. The molecule has 0 saturated heterocycles. The number of carbonyl (C=O) groups is 1. The molecule has 0 unspecified atom stereocenters. The first kappa shape index (κ1) is 17.7. The van der Waals surface area contributed by atoms with Gasteiger partial charge >= 0.3 is 0 Å². The van der Waals surface area contributed by atoms with Crippen molar-refractivity contribution in [2.24, 2.45) is 0 Å². The molecule has 2 aromatic rings. The maximum absolute atomic E-state index is 13.2. The van der Waals surface area contributed by atoms with Crippen LogP contribution in [-0.2, 0) is 17.8 Å². The molecule has 0 bridgehead atoms. The summed E-state index contributed by atoms with van der Waals surface area (Å²) >= 11 is 0. The molecule has 6 nitrogen and oxygen atoms in total. The Labute approximate surface area is 159 Å². The number of rotatable bonds is 4. The van der Waals surface area contributed by atoms with Crippen molar-refractivity contribution in [3.05, 3.63) is 53.6 Å². The third-order valence-corrected chi connectivity index (χ3v) is 4.87. The average Bonchev–Trinajstić information content (AvgIpc) is 3.03. The van der Waals surface area contributed by atoms with Gasteiger partial charge in [0.05, 0.1) is 12.5 Å². The van der Waals surface area contributed by atoms with Crippen molar-refractivity contribution in [1.29, 1.82) is 0 Å². The molecule has 0 fully saturated rings. The van der Waals surface area contributed by atoms with Crippen LogP contribution in [0.5, 0.6) is 17.2 Å². The highest BCUT2D eigenvalue weighted by Gasteiger charge is 2.29. The van der Waals surface area contributed by atoms with E-state index >= 15 is 0 Å². The standard InChI is InChI=1S/C21H24N2O4/c1-22(2)12-17-13-25-18-6-4-3-5-16(18)11-23(17)21(24)10-15-7-8-19-20(9-15)27-14-26-19/h3-9,17H,10-14H2,1-2H3/t17-/m0/s1. The Morgan fingerprint density at radius 1 is 1.07 bits per heavy atom. The number of amides is 1. The SMILES string of the molecule is CN(C)C[C@H]1COc2ccccc2CN1C(=O)Cc1ccc2c(c1)OCO2. The lowest BCUT2D eigenvalue weighted by atomic mass is 10.1. The Balaban J connectivity index is 1.56. The van der Waals surface area contributed by atoms with Gasteiger partial charge in [-0.05, 0) is 37.9 Å². The van der Waals surface area contributed by atoms with Crippen molar-refractivity contribution >= 4 is 5.91 Å². The van der Waals surface area contributed by atoms with Gasteiger partial charge < -0.3 is 24.0 Å². The van der Waals surface area contributed by atoms with Crippen LogP contribution in [0.4, 0.5) is 0 Å². The van der Waals surface area contributed by atoms with E-state index in [1.807, 2.05) is 61.5 Å². The summed E-state index contributed by atoms with van der Waals surface area (Å²) in [4.78, 5) is 17.2. The quantitative estimate of drug-likeness (QED) is 0.829. The number of benzene rings is 2. The van der Waals surface area contributed by atoms with E-state index in [9.17, 15) is 4.79 Å². The van der Waals surface area contributed by atoms with Crippen LogP contribution in [-0.4, -0.2) is 55.8 Å². The highest BCUT2D eigenvalue weighted by atomic mass is 16.7. The molecule has 0 radical (unpaired) electrons. The van der Waals surface area contributed by atoms with Crippen molar-refractivity contribution in [3.8, 4) is 17.2 Å². The second-order valence-electron chi connectivity index (χ2n) is 7.22. The van der Waals surface area contributed by atoms with Gasteiger partial charge in [0.1, 0.15) is 12.4 Å². The van der Waals surface area contributed by atoms with E-state index in [1.165, 1.54) is 0 Å². The molecule has 2 heterocycles. The summed E-state index contributed by atoms with van der Waals surface area (Å²) in [5.74, 6) is 2.38. The topological polar surface area (TPSA) is 51.2 Å². The van der Waals surface area contributed by atoms with E-state index in [2.05, 4.69) is 4.90 Å². The number of para-hydroxylation sites is 1. The molecule has 4 rings (SSSR count). The molecule has 0 aromatic heterocycles. The molecule has 0 aliphatic carbocycles. The van der Waals surface area contributed by atoms with Crippen LogP contribution in [0.3, 0.4) is 0 Å². The predicted molar refractivity (Wildman–Crippen MR) is 101 cm³/mol. The summed E-state index contributed by atoms with van der Waals surface area (Å²) in [7, 11) is 4.02. The molecule has 1 atom stereocenters. The van der Waals surface area contributed by atoms with Crippen molar-refractivity contribution in [2.45, 2.75) is 19.0 Å². The minimum absolute atomic E-state index is 0.00564. The molecule has 0 saturated carbocycles. The summed E-state index contributed by atoms with van der Waals surface area (Å²) in [5, 5.41) is 0. The molecule has 2 aliphatic rings. The van der Waals surface area contributed by atoms with E-state index in [-0.39, 0.29) is 18.7 Å². The van der Waals surface area contributed by atoms with E-state index in [1.54, 1.807) is 0 Å². The summed E-state index contributed by atoms with van der Waals surface area (Å²) in [6.07, 6.45) is 0.322. The zero-order chi connectivity index (χ0) is 18.8. The fourth-order valence-corrected chi connectivity index (χ4v) is 3.56. The van der Waals surface area contributed by atoms with Gasteiger partial charge in [-0.25, -0.2) is 0 Å². The van der Waals surface area contributed by atoms with Crippen LogP contribution in [0.15, 0.2) is 42.5 Å². The zero-order valence-corrected chi connectivity index (χ0v) is 15.7. The summed E-state index contributed by atoms with van der Waals surface area (Å²) in [6.45, 7) is 2.03. The zero-order valence-electron chi connectivity index (χ0n) is 15.7. The van der Waals surface area contributed by atoms with E-state index in [4.69, 9.17) is 14.2 Å². The molecule has 0 spiro atoms. The highest BCUT2D eigenvalue weighted by molar-refractivity contribution is 5.79. The number of ether oxygens (including phenoxy) is 3. The van der Waals surface area contributed by atoms with E-state index < -0.39 is 0 Å². The largest absolute Gasteiger partial charge is 0.491 e. The Morgan fingerprint density at radius 3 is 2.74 bits per heavy atom. The first-order valence-electron chi connectivity index (χ1n) is 9.13. The molecule has 6 heteroatoms. The Morgan fingerprint density at radius 2 is 1.89 bits per heavy atom. The smallest absolute Gasteiger partial charge is 0.231 e. The normalized spacial score (nSPS) is 18.0. The number of hydrogen-bond acceptors (Lipinski definition) is 5. The van der Waals surface area contributed by atoms with Gasteiger partial charge in [0.25, 0.3) is 0 Å². The number of hydrogen-bond donors (Lipinski definition) is 0. The minimum atomic E-state index is -0.00564. The number of fused-ring (bicyclic) bond motifs is 2. The van der Waals surface area contributed by atoms with Crippen molar-refractivity contribution < 1.29 is 19.0 Å². The van der Waals surface area contributed by atoms with Gasteiger partial charge in [-0.15, -0.1) is 0 Å². The number of carbonyl (C=O) groups excluding carboxylic acids is 1. The third-order valence-electron chi connectivity index (χ3n) is 4.87. The Kier molecular flexibility index (Phi) is 4.90. The van der Waals surface area contributed by atoms with Crippen molar-refractivity contribution in [3.63, 3.8) is 0 Å². The maximum Gasteiger partial charge on any atom is 0.231 e. The lowest BCUT2D eigenvalue weighted by Crippen LogP contribution is -2.47. The molecule has 2 aliphatic heterocycles. The average molecular weight is 368 g/mol. The van der Waals surface area contributed by atoms with Crippen LogP contribution in [0.1, 0.15) is 11.1 Å². The minimum Gasteiger partial charge on any atom is -0.491 e. The van der Waals surface area contributed by atoms with Crippen molar-refractivity contribution in [2.75, 3.05) is 34.0 Å². The number of likely N-dealkylation sites (N-methyl/N-ethyl adjacent to an activating group) is 1. The van der Waals surface area contributed by atoms with Gasteiger partial charge in [0.2, 0.25) is 12.7 Å². The van der Waals surface area contributed by atoms with Gasteiger partial charge in [0.15, 0.2) is 11.5 Å². The lowest BCUT2D eigenvalue weighted by Gasteiger charge is -2.31. The molecule has 2 aromatic carbocycles. The fourth-order valence-electron chi connectivity index (χ4n) is 3.56. The fraction of sp³-hybridized carbons (Fsp3) is 0.381. The first-order valence-corrected chi connectivity index (χ1v) is 9.13. The van der Waals surface area contributed by atoms with Crippen molar-refractivity contribution in [1.82, 2.24) is 9.80 Å². The summed E-state index contributed by atoms with van der Waals surface area (Å²) < 4.78 is 16.8. The van der Waals surface area contributed by atoms with Crippen LogP contribution in [0.2, 0.25) is 0 Å². The van der Waals surface area contributed by atoms with Gasteiger partial charge in [-0.3, -0.25) is 4.79 Å². The number of nitrogens with zero attached hydrogens (tertiary/aromatic N) is 2. The van der Waals surface area contributed by atoms with Crippen LogP contribution >= 0.6 is 0 Å². The highest BCUT2D eigenvalue weighted by Crippen LogP contribution is 2.33. The van der Waals surface area contributed by atoms with E-state index in [0.29, 0.717) is 25.3 Å². The molecular weight excluding hydrogens is 344 g/mol. The molecular formula is C21H24N2O4. The summed E-state index contributed by atoms with van der Waals surface area (Å²) in [6, 6.07) is 13.6. The van der Waals surface area contributed by atoms with Crippen LogP contribution < -0.4 is 14.2 Å². The van der Waals surface area contributed by atoms with Crippen LogP contribution in [0, 0.1) is 0 Å². The van der Waals surface area contributed by atoms with Gasteiger partial charge in [-0.2, -0.15) is 0 Å². The second-order valence-corrected chi connectivity index (χ2v) is 7.22. The molecule has 0 N–H and O–H groups in total. The third kappa shape index (κ3) is 3.85. The monoisotopic (exact) mass is 368 g/mol. The molecule has 27 heavy (non-hydrogen) atoms. The molecule has 1 amide bonds. The van der Waals surface area contributed by atoms with Gasteiger partial charge in [0, 0.05) is 18.7 Å². The second kappa shape index (κ2) is 7.48. The maximum atomic E-state index is 13.2. The summed E-state index contributed by atoms with van der Waals surface area (Å²) in [5.41, 5.74) is 1.96. The lowest BCUT2D eigenvalue weighted by molar-refractivity contribution is -0.134.